The zero-order valence-electron chi connectivity index (χ0n) is 7.44. The van der Waals surface area contributed by atoms with Gasteiger partial charge in [0.05, 0.1) is 0 Å². The minimum atomic E-state index is -0.219. The standard InChI is InChI=1S/C9H12N2O2/c10-11-6-7(12)8-9(13-8)4-2-1-3-5-9/h6,8H,1-5H2/p+1/t8-/m1/s1. The third-order valence-electron chi connectivity index (χ3n) is 2.93. The van der Waals surface area contributed by atoms with E-state index in [1.165, 1.54) is 19.3 Å². The van der Waals surface area contributed by atoms with Crippen LogP contribution in [-0.4, -0.2) is 16.8 Å². The van der Waals surface area contributed by atoms with Crippen molar-refractivity contribution in [2.24, 2.45) is 0 Å². The number of diazo groups is 1. The fourth-order valence-corrected chi connectivity index (χ4v) is 2.19. The van der Waals surface area contributed by atoms with Crippen molar-refractivity contribution < 1.29 is 9.84 Å². The predicted molar refractivity (Wildman–Crippen MR) is 46.5 cm³/mol. The molecule has 0 aromatic carbocycles. The van der Waals surface area contributed by atoms with E-state index >= 15 is 0 Å². The quantitative estimate of drug-likeness (QED) is 0.383. The first-order chi connectivity index (χ1) is 6.28. The van der Waals surface area contributed by atoms with Crippen LogP contribution >= 0.6 is 0 Å². The van der Waals surface area contributed by atoms with E-state index in [2.05, 4.69) is 4.98 Å². The van der Waals surface area contributed by atoms with Crippen molar-refractivity contribution in [1.82, 2.24) is 0 Å². The van der Waals surface area contributed by atoms with Crippen molar-refractivity contribution >= 4 is 0 Å². The van der Waals surface area contributed by atoms with Crippen molar-refractivity contribution in [2.45, 2.75) is 43.8 Å². The summed E-state index contributed by atoms with van der Waals surface area (Å²) < 4.78 is 5.47. The summed E-state index contributed by atoms with van der Waals surface area (Å²) in [5.74, 6) is 0.0457. The average molecular weight is 181 g/mol. The molecule has 2 fully saturated rings. The molecule has 1 saturated heterocycles. The summed E-state index contributed by atoms with van der Waals surface area (Å²) in [7, 11) is 0. The van der Waals surface area contributed by atoms with Gasteiger partial charge in [0.2, 0.25) is 11.2 Å². The Morgan fingerprint density at radius 3 is 2.77 bits per heavy atom. The van der Waals surface area contributed by atoms with Gasteiger partial charge in [-0.15, -0.1) is 0 Å². The Kier molecular flexibility index (Phi) is 1.97. The molecule has 70 valence electrons. The van der Waals surface area contributed by atoms with Crippen LogP contribution in [0.1, 0.15) is 32.1 Å². The summed E-state index contributed by atoms with van der Waals surface area (Å²) in [4.78, 5) is 2.78. The monoisotopic (exact) mass is 181 g/mol. The van der Waals surface area contributed by atoms with Crippen LogP contribution in [0.2, 0.25) is 0 Å². The van der Waals surface area contributed by atoms with Crippen LogP contribution in [0.4, 0.5) is 0 Å². The Hall–Kier alpha value is -1.08. The largest absolute Gasteiger partial charge is 0.503 e. The third kappa shape index (κ3) is 1.40. The van der Waals surface area contributed by atoms with Crippen LogP contribution in [0.25, 0.3) is 4.98 Å². The van der Waals surface area contributed by atoms with Crippen LogP contribution in [0.3, 0.4) is 0 Å². The fourth-order valence-electron chi connectivity index (χ4n) is 2.19. The van der Waals surface area contributed by atoms with Gasteiger partial charge in [-0.05, 0) is 12.8 Å². The number of ether oxygens (including phenoxy) is 1. The number of aliphatic hydroxyl groups excluding tert-OH is 1. The molecule has 4 heteroatoms. The smallest absolute Gasteiger partial charge is 0.390 e. The Morgan fingerprint density at radius 2 is 2.15 bits per heavy atom. The van der Waals surface area contributed by atoms with Gasteiger partial charge in [0, 0.05) is 0 Å². The molecule has 0 radical (unpaired) electrons. The second-order valence-electron chi connectivity index (χ2n) is 3.79. The van der Waals surface area contributed by atoms with Gasteiger partial charge in [-0.2, -0.15) is 0 Å². The van der Waals surface area contributed by atoms with E-state index in [0.717, 1.165) is 19.0 Å². The molecule has 0 aromatic heterocycles. The van der Waals surface area contributed by atoms with Gasteiger partial charge in [-0.25, -0.2) is 0 Å². The average Bonchev–Trinajstić information content (AvgIpc) is 2.81. The van der Waals surface area contributed by atoms with Crippen LogP contribution in [0, 0.1) is 5.39 Å². The molecule has 13 heavy (non-hydrogen) atoms. The highest BCUT2D eigenvalue weighted by atomic mass is 16.6. The molecule has 1 spiro atoms. The van der Waals surface area contributed by atoms with E-state index in [0.29, 0.717) is 0 Å². The van der Waals surface area contributed by atoms with Crippen molar-refractivity contribution in [1.29, 1.82) is 5.39 Å². The normalized spacial score (nSPS) is 31.3. The maximum atomic E-state index is 9.39. The Morgan fingerprint density at radius 1 is 1.46 bits per heavy atom. The zero-order chi connectivity index (χ0) is 9.31. The van der Waals surface area contributed by atoms with Crippen molar-refractivity contribution in [2.75, 3.05) is 0 Å². The van der Waals surface area contributed by atoms with Crippen molar-refractivity contribution in [3.8, 4) is 0 Å². The van der Waals surface area contributed by atoms with Crippen LogP contribution in [0.5, 0.6) is 0 Å². The van der Waals surface area contributed by atoms with E-state index in [-0.39, 0.29) is 17.5 Å². The number of rotatable bonds is 1. The maximum absolute atomic E-state index is 9.39. The molecule has 2 aliphatic rings. The van der Waals surface area contributed by atoms with Gasteiger partial charge in [0.25, 0.3) is 0 Å². The first-order valence-electron chi connectivity index (χ1n) is 4.69. The number of nitrogens with zero attached hydrogens (tertiary/aromatic N) is 2. The molecule has 0 bridgehead atoms. The third-order valence-corrected chi connectivity index (χ3v) is 2.93. The Balaban J connectivity index is 2.00. The summed E-state index contributed by atoms with van der Waals surface area (Å²) in [6, 6.07) is 0. The molecule has 1 atom stereocenters. The van der Waals surface area contributed by atoms with Crippen LogP contribution in [0.15, 0.2) is 12.0 Å². The molecule has 1 saturated carbocycles. The first kappa shape index (κ1) is 8.52. The molecule has 1 aliphatic heterocycles. The molecule has 4 nitrogen and oxygen atoms in total. The minimum Gasteiger partial charge on any atom is -0.503 e. The first-order valence-corrected chi connectivity index (χ1v) is 4.69. The van der Waals surface area contributed by atoms with Crippen LogP contribution in [-0.2, 0) is 4.74 Å². The second kappa shape index (κ2) is 3.00. The molecular weight excluding hydrogens is 168 g/mol. The zero-order valence-corrected chi connectivity index (χ0v) is 7.44. The van der Waals surface area contributed by atoms with Gasteiger partial charge in [0.1, 0.15) is 5.60 Å². The van der Waals surface area contributed by atoms with Gasteiger partial charge in [-0.1, -0.05) is 19.3 Å². The topological polar surface area (TPSA) is 60.9 Å². The van der Waals surface area contributed by atoms with E-state index in [1.54, 1.807) is 0 Å². The highest BCUT2D eigenvalue weighted by molar-refractivity contribution is 5.19. The predicted octanol–water partition coefficient (Wildman–Crippen LogP) is 2.34. The van der Waals surface area contributed by atoms with Crippen molar-refractivity contribution in [3.05, 3.63) is 16.9 Å². The van der Waals surface area contributed by atoms with Crippen molar-refractivity contribution in [3.63, 3.8) is 0 Å². The number of hydrogen-bond acceptors (Lipinski definition) is 3. The lowest BCUT2D eigenvalue weighted by Gasteiger charge is -2.17. The summed E-state index contributed by atoms with van der Waals surface area (Å²) in [6.45, 7) is 0. The molecule has 0 unspecified atom stereocenters. The lowest BCUT2D eigenvalue weighted by atomic mass is 9.86. The molecule has 1 heterocycles. The number of aliphatic hydroxyl groups is 1. The second-order valence-corrected chi connectivity index (χ2v) is 3.79. The highest BCUT2D eigenvalue weighted by Crippen LogP contribution is 2.50. The summed E-state index contributed by atoms with van der Waals surface area (Å²) in [6.07, 6.45) is 6.45. The molecule has 1 aliphatic carbocycles. The fraction of sp³-hybridized carbons (Fsp3) is 0.778. The molecule has 0 amide bonds. The lowest BCUT2D eigenvalue weighted by molar-refractivity contribution is 0.231. The van der Waals surface area contributed by atoms with E-state index in [1.807, 2.05) is 0 Å². The van der Waals surface area contributed by atoms with E-state index < -0.39 is 0 Å². The lowest BCUT2D eigenvalue weighted by Crippen LogP contribution is -2.19. The summed E-state index contributed by atoms with van der Waals surface area (Å²) >= 11 is 0. The highest BCUT2D eigenvalue weighted by Gasteiger charge is 2.59. The summed E-state index contributed by atoms with van der Waals surface area (Å²) in [5.41, 5.74) is -0.122. The van der Waals surface area contributed by atoms with Gasteiger partial charge in [0.15, 0.2) is 11.1 Å². The maximum Gasteiger partial charge on any atom is 0.390 e. The number of epoxide rings is 1. The van der Waals surface area contributed by atoms with E-state index in [4.69, 9.17) is 10.1 Å². The molecular formula is C9H13N2O2+. The van der Waals surface area contributed by atoms with Gasteiger partial charge >= 0.3 is 6.20 Å². The number of hydrogen-bond donors (Lipinski definition) is 1. The van der Waals surface area contributed by atoms with Gasteiger partial charge < -0.3 is 9.84 Å². The van der Waals surface area contributed by atoms with E-state index in [9.17, 15) is 5.11 Å². The molecule has 2 rings (SSSR count). The van der Waals surface area contributed by atoms with Crippen LogP contribution < -0.4 is 0 Å². The Labute approximate surface area is 76.8 Å². The minimum absolute atomic E-state index is 0.0457. The SMILES string of the molecule is N#[N+]C=C(O)[C@H]1OC12CCCCC2. The summed E-state index contributed by atoms with van der Waals surface area (Å²) in [5, 5.41) is 17.6. The molecule has 1 N–H and O–H groups in total. The Bertz CT molecular complexity index is 274. The van der Waals surface area contributed by atoms with Gasteiger partial charge in [-0.3, -0.25) is 0 Å². The molecule has 0 aromatic rings.